The number of aromatic nitrogens is 2. The third kappa shape index (κ3) is 4.43. The SMILES string of the molecule is CC1CN(CC(=O)NCc2cccs2)CCN1Cc1nccn1C. The molecule has 3 heterocycles. The topological polar surface area (TPSA) is 53.4 Å². The van der Waals surface area contributed by atoms with Crippen LogP contribution in [0.5, 0.6) is 0 Å². The minimum Gasteiger partial charge on any atom is -0.350 e. The third-order valence-electron chi connectivity index (χ3n) is 4.52. The Bertz CT molecular complexity index is 654. The van der Waals surface area contributed by atoms with E-state index in [1.165, 1.54) is 4.88 Å². The lowest BCUT2D eigenvalue weighted by Crippen LogP contribution is -2.53. The van der Waals surface area contributed by atoms with E-state index in [1.807, 2.05) is 37.0 Å². The Morgan fingerprint density at radius 3 is 3.00 bits per heavy atom. The number of amides is 1. The average Bonchev–Trinajstić information content (AvgIpc) is 3.20. The van der Waals surface area contributed by atoms with Crippen LogP contribution in [-0.2, 0) is 24.9 Å². The highest BCUT2D eigenvalue weighted by Crippen LogP contribution is 2.13. The molecule has 1 saturated heterocycles. The summed E-state index contributed by atoms with van der Waals surface area (Å²) in [4.78, 5) is 22.4. The zero-order valence-electron chi connectivity index (χ0n) is 14.3. The number of imidazole rings is 1. The van der Waals surface area contributed by atoms with Gasteiger partial charge < -0.3 is 9.88 Å². The number of thiophene rings is 1. The monoisotopic (exact) mass is 347 g/mol. The summed E-state index contributed by atoms with van der Waals surface area (Å²) in [5.41, 5.74) is 0. The first-order chi connectivity index (χ1) is 11.6. The molecule has 1 atom stereocenters. The van der Waals surface area contributed by atoms with Crippen LogP contribution in [0.1, 0.15) is 17.6 Å². The van der Waals surface area contributed by atoms with Crippen molar-refractivity contribution < 1.29 is 4.79 Å². The van der Waals surface area contributed by atoms with E-state index in [4.69, 9.17) is 0 Å². The summed E-state index contributed by atoms with van der Waals surface area (Å²) < 4.78 is 2.07. The predicted molar refractivity (Wildman–Crippen MR) is 95.7 cm³/mol. The second-order valence-corrected chi connectivity index (χ2v) is 7.40. The van der Waals surface area contributed by atoms with E-state index in [2.05, 4.69) is 31.6 Å². The zero-order valence-corrected chi connectivity index (χ0v) is 15.1. The molecule has 1 unspecified atom stereocenters. The normalized spacial score (nSPS) is 19.5. The van der Waals surface area contributed by atoms with Gasteiger partial charge in [0.25, 0.3) is 0 Å². The molecule has 2 aromatic rings. The van der Waals surface area contributed by atoms with E-state index in [-0.39, 0.29) is 5.91 Å². The molecule has 0 bridgehead atoms. The third-order valence-corrected chi connectivity index (χ3v) is 5.40. The Balaban J connectivity index is 1.43. The molecular weight excluding hydrogens is 322 g/mol. The maximum atomic E-state index is 12.1. The average molecular weight is 347 g/mol. The molecule has 0 radical (unpaired) electrons. The van der Waals surface area contributed by atoms with Crippen molar-refractivity contribution in [1.29, 1.82) is 0 Å². The minimum absolute atomic E-state index is 0.105. The second kappa shape index (κ2) is 7.92. The van der Waals surface area contributed by atoms with Gasteiger partial charge in [-0.15, -0.1) is 11.3 Å². The highest BCUT2D eigenvalue weighted by atomic mass is 32.1. The molecule has 0 aromatic carbocycles. The van der Waals surface area contributed by atoms with Crippen LogP contribution in [0.3, 0.4) is 0 Å². The lowest BCUT2D eigenvalue weighted by Gasteiger charge is -2.39. The van der Waals surface area contributed by atoms with Gasteiger partial charge in [-0.3, -0.25) is 14.6 Å². The van der Waals surface area contributed by atoms with E-state index in [0.717, 1.165) is 32.0 Å². The molecule has 6 nitrogen and oxygen atoms in total. The van der Waals surface area contributed by atoms with Crippen LogP contribution in [0.2, 0.25) is 0 Å². The van der Waals surface area contributed by atoms with Gasteiger partial charge >= 0.3 is 0 Å². The molecule has 7 heteroatoms. The fraction of sp³-hybridized carbons (Fsp3) is 0.529. The molecule has 24 heavy (non-hydrogen) atoms. The molecule has 0 aliphatic carbocycles. The molecule has 1 aliphatic heterocycles. The van der Waals surface area contributed by atoms with Crippen molar-refractivity contribution >= 4 is 17.2 Å². The number of carbonyl (C=O) groups is 1. The first kappa shape index (κ1) is 17.1. The van der Waals surface area contributed by atoms with Gasteiger partial charge in [-0.1, -0.05) is 6.07 Å². The number of rotatable bonds is 6. The summed E-state index contributed by atoms with van der Waals surface area (Å²) in [5, 5.41) is 5.04. The van der Waals surface area contributed by atoms with E-state index in [0.29, 0.717) is 19.1 Å². The number of nitrogens with one attached hydrogen (secondary N) is 1. The molecule has 1 N–H and O–H groups in total. The van der Waals surface area contributed by atoms with Crippen molar-refractivity contribution in [2.24, 2.45) is 7.05 Å². The van der Waals surface area contributed by atoms with Crippen LogP contribution in [0.4, 0.5) is 0 Å². The van der Waals surface area contributed by atoms with Crippen molar-refractivity contribution in [3.8, 4) is 0 Å². The maximum absolute atomic E-state index is 12.1. The molecule has 2 aromatic heterocycles. The van der Waals surface area contributed by atoms with E-state index < -0.39 is 0 Å². The Labute approximate surface area is 147 Å². The maximum Gasteiger partial charge on any atom is 0.234 e. The number of hydrogen-bond acceptors (Lipinski definition) is 5. The lowest BCUT2D eigenvalue weighted by molar-refractivity contribution is -0.123. The van der Waals surface area contributed by atoms with Crippen molar-refractivity contribution in [1.82, 2.24) is 24.7 Å². The van der Waals surface area contributed by atoms with Gasteiger partial charge in [-0.25, -0.2) is 4.98 Å². The van der Waals surface area contributed by atoms with Crippen LogP contribution in [0.15, 0.2) is 29.9 Å². The molecule has 1 aliphatic rings. The Hall–Kier alpha value is -1.70. The fourth-order valence-electron chi connectivity index (χ4n) is 3.04. The van der Waals surface area contributed by atoms with Crippen molar-refractivity contribution in [2.45, 2.75) is 26.1 Å². The Kier molecular flexibility index (Phi) is 5.65. The standard InChI is InChI=1S/C17H25N5OS/c1-14-11-21(13-17(23)19-10-15-4-3-9-24-15)7-8-22(14)12-16-18-5-6-20(16)2/h3-6,9,14H,7-8,10-13H2,1-2H3,(H,19,23). The molecule has 3 rings (SSSR count). The van der Waals surface area contributed by atoms with Crippen LogP contribution >= 0.6 is 11.3 Å². The summed E-state index contributed by atoms with van der Waals surface area (Å²) in [6, 6.07) is 4.47. The summed E-state index contributed by atoms with van der Waals surface area (Å²) in [5.74, 6) is 1.19. The smallest absolute Gasteiger partial charge is 0.234 e. The Morgan fingerprint density at radius 1 is 1.46 bits per heavy atom. The second-order valence-electron chi connectivity index (χ2n) is 6.37. The van der Waals surface area contributed by atoms with Gasteiger partial charge in [0, 0.05) is 50.0 Å². The minimum atomic E-state index is 0.105. The van der Waals surface area contributed by atoms with Gasteiger partial charge in [0.1, 0.15) is 5.82 Å². The molecule has 1 fully saturated rings. The van der Waals surface area contributed by atoms with Gasteiger partial charge in [-0.2, -0.15) is 0 Å². The molecular formula is C17H25N5OS. The van der Waals surface area contributed by atoms with Gasteiger partial charge in [0.2, 0.25) is 5.91 Å². The summed E-state index contributed by atoms with van der Waals surface area (Å²) in [7, 11) is 2.03. The highest BCUT2D eigenvalue weighted by molar-refractivity contribution is 7.09. The summed E-state index contributed by atoms with van der Waals surface area (Å²) >= 11 is 1.67. The summed E-state index contributed by atoms with van der Waals surface area (Å²) in [6.45, 7) is 6.99. The van der Waals surface area contributed by atoms with Crippen LogP contribution < -0.4 is 5.32 Å². The van der Waals surface area contributed by atoms with Crippen molar-refractivity contribution in [2.75, 3.05) is 26.2 Å². The fourth-order valence-corrected chi connectivity index (χ4v) is 3.68. The number of aryl methyl sites for hydroxylation is 1. The molecule has 1 amide bonds. The van der Waals surface area contributed by atoms with Crippen molar-refractivity contribution in [3.63, 3.8) is 0 Å². The van der Waals surface area contributed by atoms with E-state index in [1.54, 1.807) is 11.3 Å². The zero-order chi connectivity index (χ0) is 16.9. The first-order valence-corrected chi connectivity index (χ1v) is 9.21. The largest absolute Gasteiger partial charge is 0.350 e. The number of carbonyl (C=O) groups excluding carboxylic acids is 1. The number of nitrogens with zero attached hydrogens (tertiary/aromatic N) is 4. The van der Waals surface area contributed by atoms with Gasteiger partial charge in [0.15, 0.2) is 0 Å². The number of hydrogen-bond donors (Lipinski definition) is 1. The lowest BCUT2D eigenvalue weighted by atomic mass is 10.2. The summed E-state index contributed by atoms with van der Waals surface area (Å²) in [6.07, 6.45) is 3.82. The Morgan fingerprint density at radius 2 is 2.33 bits per heavy atom. The van der Waals surface area contributed by atoms with E-state index >= 15 is 0 Å². The van der Waals surface area contributed by atoms with Crippen LogP contribution in [-0.4, -0.2) is 57.5 Å². The van der Waals surface area contributed by atoms with Gasteiger partial charge in [0.05, 0.1) is 19.6 Å². The molecule has 130 valence electrons. The predicted octanol–water partition coefficient (Wildman–Crippen LogP) is 1.30. The number of piperazine rings is 1. The van der Waals surface area contributed by atoms with Crippen LogP contribution in [0, 0.1) is 0 Å². The van der Waals surface area contributed by atoms with Crippen LogP contribution in [0.25, 0.3) is 0 Å². The van der Waals surface area contributed by atoms with Crippen molar-refractivity contribution in [3.05, 3.63) is 40.6 Å². The highest BCUT2D eigenvalue weighted by Gasteiger charge is 2.25. The van der Waals surface area contributed by atoms with E-state index in [9.17, 15) is 4.79 Å². The molecule has 0 spiro atoms. The first-order valence-electron chi connectivity index (χ1n) is 8.33. The quantitative estimate of drug-likeness (QED) is 0.856. The van der Waals surface area contributed by atoms with Gasteiger partial charge in [-0.05, 0) is 18.4 Å². The molecule has 0 saturated carbocycles.